The molecule has 13 nitrogen and oxygen atoms in total. The largest absolute Gasteiger partial charge is 3.00 e. The molecule has 0 aliphatic heterocycles. The number of hydrogen-bond acceptors (Lipinski definition) is 9. The SMILES string of the molecule is O.O=[N+]([O-])[O-].O=[N+]([O-])[O-].O=[N+]([O-])[O-].[Er+3]. The van der Waals surface area contributed by atoms with Crippen LogP contribution >= 0.6 is 0 Å². The zero-order valence-corrected chi connectivity index (χ0v) is 7.66. The van der Waals surface area contributed by atoms with Crippen LogP contribution in [-0.4, -0.2) is 20.7 Å². The summed E-state index contributed by atoms with van der Waals surface area (Å²) in [5, 5.41) is 44.2. The van der Waals surface area contributed by atoms with Crippen LogP contribution in [0.15, 0.2) is 0 Å². The summed E-state index contributed by atoms with van der Waals surface area (Å²) in [6, 6.07) is 0. The van der Waals surface area contributed by atoms with E-state index in [4.69, 9.17) is 46.0 Å². The Morgan fingerprint density at radius 3 is 0.571 bits per heavy atom. The van der Waals surface area contributed by atoms with E-state index in [2.05, 4.69) is 0 Å². The van der Waals surface area contributed by atoms with Gasteiger partial charge in [0, 0.05) is 0 Å². The first kappa shape index (κ1) is 29.3. The van der Waals surface area contributed by atoms with Gasteiger partial charge in [-0.2, -0.15) is 0 Å². The van der Waals surface area contributed by atoms with Crippen molar-refractivity contribution in [3.05, 3.63) is 46.0 Å². The molecule has 0 spiro atoms. The van der Waals surface area contributed by atoms with Gasteiger partial charge in [0.05, 0.1) is 15.3 Å². The van der Waals surface area contributed by atoms with E-state index in [1.165, 1.54) is 0 Å². The molecule has 0 aromatic heterocycles. The van der Waals surface area contributed by atoms with E-state index in [1.54, 1.807) is 0 Å². The minimum atomic E-state index is -1.75. The van der Waals surface area contributed by atoms with Gasteiger partial charge in [0.1, 0.15) is 0 Å². The fraction of sp³-hybridized carbons (Fsp3) is 0. The van der Waals surface area contributed by atoms with Gasteiger partial charge >= 0.3 is 37.3 Å². The molecule has 0 saturated heterocycles. The summed E-state index contributed by atoms with van der Waals surface area (Å²) in [5.41, 5.74) is 0. The summed E-state index contributed by atoms with van der Waals surface area (Å²) in [5.74, 6) is 0. The van der Waals surface area contributed by atoms with Gasteiger partial charge in [0.15, 0.2) is 0 Å². The van der Waals surface area contributed by atoms with E-state index in [1.807, 2.05) is 0 Å². The second-order valence-corrected chi connectivity index (χ2v) is 0.671. The molecule has 0 amide bonds. The molecule has 2 N–H and O–H groups in total. The molecule has 89 valence electrons. The first-order valence-electron chi connectivity index (χ1n) is 1.64. The Kier molecular flexibility index (Phi) is 47.3. The van der Waals surface area contributed by atoms with Gasteiger partial charge in [-0.25, -0.2) is 0 Å². The topological polar surface area (TPSA) is 230 Å². The summed E-state index contributed by atoms with van der Waals surface area (Å²) in [4.78, 5) is 24.8. The maximum atomic E-state index is 8.25. The van der Waals surface area contributed by atoms with Crippen LogP contribution in [0.2, 0.25) is 0 Å². The van der Waals surface area contributed by atoms with Crippen molar-refractivity contribution in [2.45, 2.75) is 0 Å². The van der Waals surface area contributed by atoms with Crippen LogP contribution in [0.5, 0.6) is 0 Å². The molecule has 0 aliphatic rings. The molecular formula is H2ErN3O10. The van der Waals surface area contributed by atoms with Gasteiger partial charge in [-0.15, -0.1) is 0 Å². The van der Waals surface area contributed by atoms with Crippen LogP contribution in [0.3, 0.4) is 0 Å². The maximum absolute atomic E-state index is 8.25. The van der Waals surface area contributed by atoms with Crippen molar-refractivity contribution >= 4 is 0 Å². The summed E-state index contributed by atoms with van der Waals surface area (Å²) >= 11 is 0. The molecule has 0 fully saturated rings. The summed E-state index contributed by atoms with van der Waals surface area (Å²) in [6.45, 7) is 0. The molecule has 0 saturated carbocycles. The predicted octanol–water partition coefficient (Wildman–Crippen LogP) is -1.54. The van der Waals surface area contributed by atoms with Gasteiger partial charge in [-0.1, -0.05) is 0 Å². The zero-order chi connectivity index (χ0) is 10.7. The van der Waals surface area contributed by atoms with Crippen molar-refractivity contribution in [3.8, 4) is 0 Å². The van der Waals surface area contributed by atoms with Crippen LogP contribution < -0.4 is 0 Å². The van der Waals surface area contributed by atoms with Gasteiger partial charge < -0.3 is 51.4 Å². The quantitative estimate of drug-likeness (QED) is 0.354. The molecule has 14 heavy (non-hydrogen) atoms. The summed E-state index contributed by atoms with van der Waals surface area (Å²) < 4.78 is 0. The van der Waals surface area contributed by atoms with Crippen LogP contribution in [0, 0.1) is 83.3 Å². The fourth-order valence-electron chi connectivity index (χ4n) is 0. The van der Waals surface area contributed by atoms with Crippen LogP contribution in [0.25, 0.3) is 0 Å². The number of hydrogen-bond donors (Lipinski definition) is 0. The monoisotopic (exact) mass is 370 g/mol. The molecule has 1 radical (unpaired) electrons. The Balaban J connectivity index is -0.0000000270. The Hall–Kier alpha value is -1.19. The third-order valence-electron chi connectivity index (χ3n) is 0. The molecule has 0 unspecified atom stereocenters. The molecular weight excluding hydrogens is 369 g/mol. The smallest absolute Gasteiger partial charge is 0.412 e. The zero-order valence-electron chi connectivity index (χ0n) is 5.80. The van der Waals surface area contributed by atoms with Crippen molar-refractivity contribution in [3.63, 3.8) is 0 Å². The minimum absolute atomic E-state index is 0. The molecule has 14 heteroatoms. The van der Waals surface area contributed by atoms with Crippen molar-refractivity contribution < 1.29 is 58.0 Å². The first-order valence-corrected chi connectivity index (χ1v) is 1.64. The molecule has 0 aliphatic carbocycles. The minimum Gasteiger partial charge on any atom is -0.412 e. The molecule has 0 aromatic carbocycles. The Labute approximate surface area is 104 Å². The van der Waals surface area contributed by atoms with Crippen LogP contribution in [0.1, 0.15) is 0 Å². The number of nitrogens with zero attached hydrogens (tertiary/aromatic N) is 3. The normalized spacial score (nSPS) is 5.14. The van der Waals surface area contributed by atoms with E-state index in [0.29, 0.717) is 0 Å². The predicted molar refractivity (Wildman–Crippen MR) is 34.7 cm³/mol. The van der Waals surface area contributed by atoms with E-state index < -0.39 is 15.3 Å². The van der Waals surface area contributed by atoms with Crippen LogP contribution in [-0.2, 0) is 0 Å². The summed E-state index contributed by atoms with van der Waals surface area (Å²) in [6.07, 6.45) is 0. The summed E-state index contributed by atoms with van der Waals surface area (Å²) in [7, 11) is 0. The van der Waals surface area contributed by atoms with Crippen molar-refractivity contribution in [1.29, 1.82) is 0 Å². The fourth-order valence-corrected chi connectivity index (χ4v) is 0. The Bertz CT molecular complexity index is 113. The van der Waals surface area contributed by atoms with E-state index in [9.17, 15) is 0 Å². The third kappa shape index (κ3) is 730. The van der Waals surface area contributed by atoms with E-state index in [0.717, 1.165) is 0 Å². The average Bonchev–Trinajstić information content (AvgIpc) is 1.54. The van der Waals surface area contributed by atoms with Gasteiger partial charge in [0.2, 0.25) is 0 Å². The molecule has 0 rings (SSSR count). The van der Waals surface area contributed by atoms with Crippen molar-refractivity contribution in [2.24, 2.45) is 0 Å². The van der Waals surface area contributed by atoms with Gasteiger partial charge in [-0.3, -0.25) is 0 Å². The molecule has 0 atom stereocenters. The van der Waals surface area contributed by atoms with Crippen LogP contribution in [0.4, 0.5) is 0 Å². The second kappa shape index (κ2) is 22.6. The maximum Gasteiger partial charge on any atom is 3.00 e. The standard InChI is InChI=1S/Er.3NO3.H2O/c;3*2-1(3)4;/h;;;;1H2/q+3;3*-1;. The molecule has 0 heterocycles. The first-order chi connectivity index (χ1) is 5.20. The van der Waals surface area contributed by atoms with Crippen molar-refractivity contribution in [2.75, 3.05) is 0 Å². The Morgan fingerprint density at radius 1 is 0.571 bits per heavy atom. The number of rotatable bonds is 0. The van der Waals surface area contributed by atoms with Gasteiger partial charge in [-0.05, 0) is 0 Å². The second-order valence-electron chi connectivity index (χ2n) is 0.671. The molecule has 0 bridgehead atoms. The third-order valence-corrected chi connectivity index (χ3v) is 0. The van der Waals surface area contributed by atoms with Gasteiger partial charge in [0.25, 0.3) is 0 Å². The average molecular weight is 371 g/mol. The van der Waals surface area contributed by atoms with Crippen molar-refractivity contribution in [1.82, 2.24) is 0 Å². The van der Waals surface area contributed by atoms with E-state index >= 15 is 0 Å². The molecule has 0 aromatic rings. The van der Waals surface area contributed by atoms with E-state index in [-0.39, 0.29) is 42.8 Å². The Morgan fingerprint density at radius 2 is 0.571 bits per heavy atom.